The molecule has 2 aliphatic rings. The van der Waals surface area contributed by atoms with E-state index in [1.807, 2.05) is 18.1 Å². The van der Waals surface area contributed by atoms with Gasteiger partial charge in [0.05, 0.1) is 6.20 Å². The molecule has 2 saturated heterocycles. The van der Waals surface area contributed by atoms with Crippen molar-refractivity contribution in [2.75, 3.05) is 33.2 Å². The zero-order valence-corrected chi connectivity index (χ0v) is 14.9. The minimum absolute atomic E-state index is 0.0435. The normalized spacial score (nSPS) is 22.6. The Morgan fingerprint density at radius 1 is 1.16 bits per heavy atom. The lowest BCUT2D eigenvalue weighted by molar-refractivity contribution is 0.0735. The fourth-order valence-electron chi connectivity index (χ4n) is 4.08. The van der Waals surface area contributed by atoms with Crippen LogP contribution in [-0.2, 0) is 7.05 Å². The molecule has 7 nitrogen and oxygen atoms in total. The lowest BCUT2D eigenvalue weighted by atomic mass is 9.84. The molecule has 1 amide bonds. The molecule has 0 aliphatic carbocycles. The van der Waals surface area contributed by atoms with Crippen LogP contribution in [0.5, 0.6) is 0 Å². The molecule has 4 rings (SSSR count). The summed E-state index contributed by atoms with van der Waals surface area (Å²) < 4.78 is 7.02. The maximum Gasteiger partial charge on any atom is 0.292 e. The number of piperidine rings is 1. The summed E-state index contributed by atoms with van der Waals surface area (Å²) in [7, 11) is 4.04. The highest BCUT2D eigenvalue weighted by atomic mass is 16.5. The number of rotatable bonds is 3. The Kier molecular flexibility index (Phi) is 4.33. The Bertz CT molecular complexity index is 744. The van der Waals surface area contributed by atoms with Gasteiger partial charge in [0.25, 0.3) is 5.91 Å². The third kappa shape index (κ3) is 3.33. The number of aryl methyl sites for hydroxylation is 1. The van der Waals surface area contributed by atoms with Gasteiger partial charge < -0.3 is 14.3 Å². The standard InChI is InChI=1S/C18H25N5O2/c1-21-6-3-13(4-7-21)14-5-8-23(12-14)18(24)17-9-16(20-25-17)15-10-19-22(2)11-15/h9-11,13-14H,3-8,12H2,1-2H3. The van der Waals surface area contributed by atoms with Gasteiger partial charge in [-0.1, -0.05) is 5.16 Å². The van der Waals surface area contributed by atoms with Gasteiger partial charge in [-0.15, -0.1) is 0 Å². The molecule has 134 valence electrons. The zero-order chi connectivity index (χ0) is 17.4. The molecule has 4 heterocycles. The predicted octanol–water partition coefficient (Wildman–Crippen LogP) is 1.88. The van der Waals surface area contributed by atoms with Crippen molar-refractivity contribution in [3.63, 3.8) is 0 Å². The van der Waals surface area contributed by atoms with E-state index in [4.69, 9.17) is 4.52 Å². The van der Waals surface area contributed by atoms with E-state index >= 15 is 0 Å². The summed E-state index contributed by atoms with van der Waals surface area (Å²) >= 11 is 0. The second-order valence-corrected chi connectivity index (χ2v) is 7.42. The van der Waals surface area contributed by atoms with Crippen molar-refractivity contribution in [1.29, 1.82) is 0 Å². The van der Waals surface area contributed by atoms with Gasteiger partial charge in [-0.3, -0.25) is 9.48 Å². The summed E-state index contributed by atoms with van der Waals surface area (Å²) in [5.74, 6) is 1.65. The molecule has 2 fully saturated rings. The van der Waals surface area contributed by atoms with Crippen LogP contribution in [0.1, 0.15) is 29.8 Å². The predicted molar refractivity (Wildman–Crippen MR) is 92.9 cm³/mol. The first-order chi connectivity index (χ1) is 12.1. The highest BCUT2D eigenvalue weighted by molar-refractivity contribution is 5.92. The number of carbonyl (C=O) groups excluding carboxylic acids is 1. The molecule has 2 aromatic rings. The van der Waals surface area contributed by atoms with Gasteiger partial charge in [-0.05, 0) is 51.2 Å². The summed E-state index contributed by atoms with van der Waals surface area (Å²) in [5.41, 5.74) is 1.51. The Balaban J connectivity index is 1.39. The van der Waals surface area contributed by atoms with E-state index < -0.39 is 0 Å². The van der Waals surface area contributed by atoms with Crippen molar-refractivity contribution >= 4 is 5.91 Å². The van der Waals surface area contributed by atoms with Gasteiger partial charge in [-0.25, -0.2) is 0 Å². The summed E-state index contributed by atoms with van der Waals surface area (Å²) in [4.78, 5) is 17.1. The highest BCUT2D eigenvalue weighted by Crippen LogP contribution is 2.32. The van der Waals surface area contributed by atoms with Gasteiger partial charge in [0.15, 0.2) is 0 Å². The third-order valence-electron chi connectivity index (χ3n) is 5.66. The molecule has 1 atom stereocenters. The maximum absolute atomic E-state index is 12.7. The summed E-state index contributed by atoms with van der Waals surface area (Å²) in [6.45, 7) is 4.01. The van der Waals surface area contributed by atoms with Crippen LogP contribution < -0.4 is 0 Å². The van der Waals surface area contributed by atoms with Crippen molar-refractivity contribution in [1.82, 2.24) is 24.7 Å². The number of aromatic nitrogens is 3. The topological polar surface area (TPSA) is 67.4 Å². The molecule has 0 bridgehead atoms. The number of nitrogens with zero attached hydrogens (tertiary/aromatic N) is 5. The zero-order valence-electron chi connectivity index (χ0n) is 14.9. The van der Waals surface area contributed by atoms with E-state index in [2.05, 4.69) is 22.2 Å². The van der Waals surface area contributed by atoms with Crippen molar-refractivity contribution in [2.45, 2.75) is 19.3 Å². The Morgan fingerprint density at radius 2 is 1.92 bits per heavy atom. The monoisotopic (exact) mass is 343 g/mol. The number of hydrogen-bond acceptors (Lipinski definition) is 5. The van der Waals surface area contributed by atoms with E-state index in [1.165, 1.54) is 25.9 Å². The molecule has 0 radical (unpaired) electrons. The van der Waals surface area contributed by atoms with Crippen LogP contribution in [0.15, 0.2) is 23.0 Å². The Hall–Kier alpha value is -2.15. The minimum atomic E-state index is -0.0435. The van der Waals surface area contributed by atoms with Crippen molar-refractivity contribution < 1.29 is 9.32 Å². The molecule has 1 unspecified atom stereocenters. The number of likely N-dealkylation sites (tertiary alicyclic amines) is 2. The summed E-state index contributed by atoms with van der Waals surface area (Å²) in [5, 5.41) is 8.16. The largest absolute Gasteiger partial charge is 0.350 e. The van der Waals surface area contributed by atoms with Gasteiger partial charge in [0.1, 0.15) is 5.69 Å². The maximum atomic E-state index is 12.7. The van der Waals surface area contributed by atoms with Crippen molar-refractivity contribution in [3.8, 4) is 11.3 Å². The molecule has 2 aromatic heterocycles. The fraction of sp³-hybridized carbons (Fsp3) is 0.611. The number of hydrogen-bond donors (Lipinski definition) is 0. The van der Waals surface area contributed by atoms with Gasteiger partial charge in [0, 0.05) is 38.0 Å². The molecular weight excluding hydrogens is 318 g/mol. The number of amides is 1. The molecule has 7 heteroatoms. The molecule has 0 N–H and O–H groups in total. The van der Waals surface area contributed by atoms with E-state index in [-0.39, 0.29) is 5.91 Å². The van der Waals surface area contributed by atoms with Crippen molar-refractivity contribution in [3.05, 3.63) is 24.2 Å². The van der Waals surface area contributed by atoms with Gasteiger partial charge in [-0.2, -0.15) is 5.10 Å². The Labute approximate surface area is 147 Å². The SMILES string of the molecule is CN1CCC(C2CCN(C(=O)c3cc(-c4cnn(C)c4)no3)C2)CC1. The molecular formula is C18H25N5O2. The van der Waals surface area contributed by atoms with Crippen LogP contribution in [0.25, 0.3) is 11.3 Å². The molecule has 2 aliphatic heterocycles. The van der Waals surface area contributed by atoms with E-state index in [0.29, 0.717) is 17.4 Å². The van der Waals surface area contributed by atoms with E-state index in [0.717, 1.165) is 31.0 Å². The van der Waals surface area contributed by atoms with Crippen LogP contribution in [0.3, 0.4) is 0 Å². The van der Waals surface area contributed by atoms with Crippen LogP contribution >= 0.6 is 0 Å². The summed E-state index contributed by atoms with van der Waals surface area (Å²) in [6.07, 6.45) is 7.17. The minimum Gasteiger partial charge on any atom is -0.350 e. The Morgan fingerprint density at radius 3 is 2.64 bits per heavy atom. The molecule has 0 saturated carbocycles. The first kappa shape index (κ1) is 16.3. The van der Waals surface area contributed by atoms with E-state index in [9.17, 15) is 4.79 Å². The summed E-state index contributed by atoms with van der Waals surface area (Å²) in [6, 6.07) is 1.72. The number of carbonyl (C=O) groups is 1. The van der Waals surface area contributed by atoms with Gasteiger partial charge >= 0.3 is 0 Å². The molecule has 25 heavy (non-hydrogen) atoms. The average Bonchev–Trinajstić information content (AvgIpc) is 3.35. The first-order valence-corrected chi connectivity index (χ1v) is 9.03. The fourth-order valence-corrected chi connectivity index (χ4v) is 4.08. The van der Waals surface area contributed by atoms with Gasteiger partial charge in [0.2, 0.25) is 5.76 Å². The third-order valence-corrected chi connectivity index (χ3v) is 5.66. The van der Waals surface area contributed by atoms with Crippen LogP contribution in [0.2, 0.25) is 0 Å². The highest BCUT2D eigenvalue weighted by Gasteiger charge is 2.34. The van der Waals surface area contributed by atoms with Crippen LogP contribution in [0.4, 0.5) is 0 Å². The van der Waals surface area contributed by atoms with Crippen molar-refractivity contribution in [2.24, 2.45) is 18.9 Å². The second-order valence-electron chi connectivity index (χ2n) is 7.42. The van der Waals surface area contributed by atoms with Crippen LogP contribution in [0, 0.1) is 11.8 Å². The lowest BCUT2D eigenvalue weighted by Gasteiger charge is -2.32. The van der Waals surface area contributed by atoms with E-state index in [1.54, 1.807) is 16.9 Å². The van der Waals surface area contributed by atoms with Crippen LogP contribution in [-0.4, -0.2) is 63.9 Å². The molecule has 0 spiro atoms. The smallest absolute Gasteiger partial charge is 0.292 e. The quantitative estimate of drug-likeness (QED) is 0.851. The molecule has 0 aromatic carbocycles. The average molecular weight is 343 g/mol. The second kappa shape index (κ2) is 6.63. The lowest BCUT2D eigenvalue weighted by Crippen LogP contribution is -2.35. The first-order valence-electron chi connectivity index (χ1n) is 9.03.